The normalized spacial score (nSPS) is 11.0. The lowest BCUT2D eigenvalue weighted by molar-refractivity contribution is -0.142. The molecule has 0 aliphatic rings. The van der Waals surface area contributed by atoms with Gasteiger partial charge in [0.25, 0.3) is 0 Å². The fourth-order valence-electron chi connectivity index (χ4n) is 3.78. The molecule has 0 spiro atoms. The first kappa shape index (κ1) is 22.6. The molecule has 4 aromatic rings. The van der Waals surface area contributed by atoms with Gasteiger partial charge in [-0.1, -0.05) is 24.3 Å². The van der Waals surface area contributed by atoms with Crippen LogP contribution in [0.2, 0.25) is 0 Å². The molecule has 0 aliphatic heterocycles. The summed E-state index contributed by atoms with van der Waals surface area (Å²) in [6.07, 6.45) is 3.82. The van der Waals surface area contributed by atoms with Crippen molar-refractivity contribution in [3.63, 3.8) is 0 Å². The summed E-state index contributed by atoms with van der Waals surface area (Å²) in [5.41, 5.74) is 4.94. The lowest BCUT2D eigenvalue weighted by atomic mass is 10.1. The average Bonchev–Trinajstić information content (AvgIpc) is 3.23. The van der Waals surface area contributed by atoms with Crippen LogP contribution in [-0.4, -0.2) is 17.6 Å². The summed E-state index contributed by atoms with van der Waals surface area (Å²) in [6.45, 7) is 5.97. The highest BCUT2D eigenvalue weighted by molar-refractivity contribution is 5.82. The highest BCUT2D eigenvalue weighted by atomic mass is 16.5. The minimum atomic E-state index is -0.256. The zero-order valence-corrected chi connectivity index (χ0v) is 19.0. The van der Waals surface area contributed by atoms with Crippen LogP contribution in [0.25, 0.3) is 11.0 Å². The molecule has 0 amide bonds. The smallest absolute Gasteiger partial charge is 0.310 e. The van der Waals surface area contributed by atoms with E-state index in [0.717, 1.165) is 45.5 Å². The SMILES string of the molecule is CCOC(=O)Cc1ccccc1OCc1cc(C)c2oc(CNCc3cccnc3)cc2c1. The van der Waals surface area contributed by atoms with E-state index < -0.39 is 0 Å². The molecule has 6 nitrogen and oxygen atoms in total. The van der Waals surface area contributed by atoms with Crippen LogP contribution < -0.4 is 10.1 Å². The minimum absolute atomic E-state index is 0.194. The summed E-state index contributed by atoms with van der Waals surface area (Å²) >= 11 is 0. The Labute approximate surface area is 193 Å². The largest absolute Gasteiger partial charge is 0.489 e. The molecule has 1 N–H and O–H groups in total. The maximum absolute atomic E-state index is 11.9. The molecule has 0 bridgehead atoms. The van der Waals surface area contributed by atoms with Gasteiger partial charge in [0.15, 0.2) is 0 Å². The molecule has 0 saturated heterocycles. The van der Waals surface area contributed by atoms with Gasteiger partial charge < -0.3 is 19.2 Å². The van der Waals surface area contributed by atoms with Crippen molar-refractivity contribution < 1.29 is 18.7 Å². The van der Waals surface area contributed by atoms with Gasteiger partial charge in [0.2, 0.25) is 0 Å². The topological polar surface area (TPSA) is 73.6 Å². The predicted molar refractivity (Wildman–Crippen MR) is 127 cm³/mol. The van der Waals surface area contributed by atoms with Crippen molar-refractivity contribution in [1.29, 1.82) is 0 Å². The molecule has 170 valence electrons. The monoisotopic (exact) mass is 444 g/mol. The number of nitrogens with one attached hydrogen (secondary N) is 1. The van der Waals surface area contributed by atoms with Gasteiger partial charge in [-0.2, -0.15) is 0 Å². The van der Waals surface area contributed by atoms with Crippen molar-refractivity contribution >= 4 is 16.9 Å². The lowest BCUT2D eigenvalue weighted by Crippen LogP contribution is -2.12. The third-order valence-corrected chi connectivity index (χ3v) is 5.27. The minimum Gasteiger partial charge on any atom is -0.489 e. The summed E-state index contributed by atoms with van der Waals surface area (Å²) in [6, 6.07) is 17.8. The first-order chi connectivity index (χ1) is 16.1. The molecule has 0 fully saturated rings. The van der Waals surface area contributed by atoms with E-state index in [0.29, 0.717) is 25.5 Å². The fourth-order valence-corrected chi connectivity index (χ4v) is 3.78. The van der Waals surface area contributed by atoms with Crippen LogP contribution in [0.5, 0.6) is 5.75 Å². The molecule has 0 atom stereocenters. The number of rotatable bonds is 10. The van der Waals surface area contributed by atoms with Crippen molar-refractivity contribution in [3.8, 4) is 5.75 Å². The third kappa shape index (κ3) is 5.99. The van der Waals surface area contributed by atoms with E-state index in [9.17, 15) is 4.79 Å². The number of hydrogen-bond acceptors (Lipinski definition) is 6. The van der Waals surface area contributed by atoms with E-state index in [1.807, 2.05) is 49.5 Å². The molecular formula is C27H28N2O4. The molecule has 33 heavy (non-hydrogen) atoms. The number of para-hydroxylation sites is 1. The molecule has 2 aromatic heterocycles. The summed E-state index contributed by atoms with van der Waals surface area (Å²) < 4.78 is 17.2. The highest BCUT2D eigenvalue weighted by Gasteiger charge is 2.12. The number of nitrogens with zero attached hydrogens (tertiary/aromatic N) is 1. The number of aryl methyl sites for hydroxylation is 1. The highest BCUT2D eigenvalue weighted by Crippen LogP contribution is 2.26. The van der Waals surface area contributed by atoms with E-state index in [2.05, 4.69) is 28.5 Å². The van der Waals surface area contributed by atoms with Crippen LogP contribution in [0.4, 0.5) is 0 Å². The Hall–Kier alpha value is -3.64. The average molecular weight is 445 g/mol. The summed E-state index contributed by atoms with van der Waals surface area (Å²) in [7, 11) is 0. The molecule has 2 aromatic carbocycles. The number of carbonyl (C=O) groups excluding carboxylic acids is 1. The molecule has 2 heterocycles. The number of fused-ring (bicyclic) bond motifs is 1. The molecule has 0 aliphatic carbocycles. The van der Waals surface area contributed by atoms with Crippen molar-refractivity contribution in [2.24, 2.45) is 0 Å². The van der Waals surface area contributed by atoms with Gasteiger partial charge in [0.1, 0.15) is 23.7 Å². The van der Waals surface area contributed by atoms with Crippen molar-refractivity contribution in [1.82, 2.24) is 10.3 Å². The maximum Gasteiger partial charge on any atom is 0.310 e. The van der Waals surface area contributed by atoms with E-state index in [-0.39, 0.29) is 12.4 Å². The van der Waals surface area contributed by atoms with Crippen LogP contribution >= 0.6 is 0 Å². The predicted octanol–water partition coefficient (Wildman–Crippen LogP) is 5.11. The van der Waals surface area contributed by atoms with Crippen LogP contribution in [0.1, 0.15) is 34.9 Å². The molecule has 0 unspecified atom stereocenters. The first-order valence-electron chi connectivity index (χ1n) is 11.1. The Morgan fingerprint density at radius 3 is 2.76 bits per heavy atom. The quantitative estimate of drug-likeness (QED) is 0.343. The number of esters is 1. The van der Waals surface area contributed by atoms with Crippen molar-refractivity contribution in [2.75, 3.05) is 6.61 Å². The Morgan fingerprint density at radius 2 is 1.94 bits per heavy atom. The molecular weight excluding hydrogens is 416 g/mol. The van der Waals surface area contributed by atoms with Crippen LogP contribution in [0, 0.1) is 6.92 Å². The van der Waals surface area contributed by atoms with Crippen LogP contribution in [-0.2, 0) is 35.6 Å². The third-order valence-electron chi connectivity index (χ3n) is 5.27. The summed E-state index contributed by atoms with van der Waals surface area (Å²) in [5, 5.41) is 4.44. The Morgan fingerprint density at radius 1 is 1.06 bits per heavy atom. The van der Waals surface area contributed by atoms with Gasteiger partial charge in [0, 0.05) is 29.9 Å². The molecule has 6 heteroatoms. The van der Waals surface area contributed by atoms with Crippen molar-refractivity contribution in [2.45, 2.75) is 40.0 Å². The summed E-state index contributed by atoms with van der Waals surface area (Å²) in [5.74, 6) is 1.32. The molecule has 4 rings (SSSR count). The Bertz CT molecular complexity index is 1220. The second-order valence-electron chi connectivity index (χ2n) is 7.89. The lowest BCUT2D eigenvalue weighted by Gasteiger charge is -2.12. The van der Waals surface area contributed by atoms with Gasteiger partial charge in [-0.15, -0.1) is 0 Å². The van der Waals surface area contributed by atoms with E-state index in [1.165, 1.54) is 0 Å². The maximum atomic E-state index is 11.9. The van der Waals surface area contributed by atoms with Gasteiger partial charge in [-0.3, -0.25) is 9.78 Å². The van der Waals surface area contributed by atoms with Gasteiger partial charge in [-0.05, 0) is 60.9 Å². The Balaban J connectivity index is 1.41. The fraction of sp³-hybridized carbons (Fsp3) is 0.259. The number of pyridine rings is 1. The number of hydrogen-bond donors (Lipinski definition) is 1. The van der Waals surface area contributed by atoms with Gasteiger partial charge in [0.05, 0.1) is 19.6 Å². The van der Waals surface area contributed by atoms with Crippen LogP contribution in [0.3, 0.4) is 0 Å². The van der Waals surface area contributed by atoms with E-state index in [4.69, 9.17) is 13.9 Å². The van der Waals surface area contributed by atoms with Gasteiger partial charge in [-0.25, -0.2) is 0 Å². The Kier molecular flexibility index (Phi) is 7.37. The van der Waals surface area contributed by atoms with Gasteiger partial charge >= 0.3 is 5.97 Å². The second kappa shape index (κ2) is 10.8. The second-order valence-corrected chi connectivity index (χ2v) is 7.89. The number of benzene rings is 2. The molecule has 0 radical (unpaired) electrons. The van der Waals surface area contributed by atoms with Crippen LogP contribution in [0.15, 0.2) is 71.4 Å². The van der Waals surface area contributed by atoms with E-state index in [1.54, 1.807) is 13.1 Å². The molecule has 0 saturated carbocycles. The zero-order valence-electron chi connectivity index (χ0n) is 19.0. The van der Waals surface area contributed by atoms with E-state index >= 15 is 0 Å². The number of carbonyl (C=O) groups is 1. The number of furan rings is 1. The number of ether oxygens (including phenoxy) is 2. The number of aromatic nitrogens is 1. The zero-order chi connectivity index (χ0) is 23.0. The summed E-state index contributed by atoms with van der Waals surface area (Å²) in [4.78, 5) is 16.0. The first-order valence-corrected chi connectivity index (χ1v) is 11.1. The standard InChI is InChI=1S/C27H28N2O4/c1-3-31-26(30)14-22-8-4-5-9-25(22)32-18-21-11-19(2)27-23(12-21)13-24(33-27)17-29-16-20-7-6-10-28-15-20/h4-13,15,29H,3,14,16-18H2,1-2H3. The van der Waals surface area contributed by atoms with Crippen molar-refractivity contribution in [3.05, 3.63) is 95.0 Å².